The molecule has 26 heavy (non-hydrogen) atoms. The molecule has 1 heterocycles. The summed E-state index contributed by atoms with van der Waals surface area (Å²) in [6.45, 7) is 6.18. The second kappa shape index (κ2) is 9.56. The summed E-state index contributed by atoms with van der Waals surface area (Å²) in [6, 6.07) is 3.70. The molecule has 0 amide bonds. The van der Waals surface area contributed by atoms with Crippen LogP contribution in [0.4, 0.5) is 11.5 Å². The zero-order valence-corrected chi connectivity index (χ0v) is 16.3. The molecule has 7 nitrogen and oxygen atoms in total. The van der Waals surface area contributed by atoms with Crippen molar-refractivity contribution in [2.45, 2.75) is 13.8 Å². The van der Waals surface area contributed by atoms with Crippen molar-refractivity contribution in [2.75, 3.05) is 51.2 Å². The number of nitrogens with zero attached hydrogens (tertiary/aromatic N) is 3. The molecule has 142 valence electrons. The topological polar surface area (TPSA) is 82.7 Å². The highest BCUT2D eigenvalue weighted by atomic mass is 35.5. The molecule has 8 heteroatoms. The van der Waals surface area contributed by atoms with Crippen LogP contribution in [-0.4, -0.2) is 50.5 Å². The lowest BCUT2D eigenvalue weighted by Crippen LogP contribution is -2.32. The van der Waals surface area contributed by atoms with Crippen LogP contribution >= 0.6 is 11.6 Å². The number of benzene rings is 1. The number of methoxy groups -OCH3 is 2. The fourth-order valence-electron chi connectivity index (χ4n) is 2.51. The SMILES string of the molecule is COCCN(CCOC)c1ncnc(Oc2cc(C)c(Cl)c(C)c2)c1N. The first-order chi connectivity index (χ1) is 12.5. The minimum atomic E-state index is 0.302. The van der Waals surface area contributed by atoms with Crippen LogP contribution in [-0.2, 0) is 9.47 Å². The average molecular weight is 381 g/mol. The molecule has 0 radical (unpaired) electrons. The van der Waals surface area contributed by atoms with Gasteiger partial charge >= 0.3 is 0 Å². The van der Waals surface area contributed by atoms with Crippen molar-refractivity contribution in [1.29, 1.82) is 0 Å². The minimum Gasteiger partial charge on any atom is -0.437 e. The lowest BCUT2D eigenvalue weighted by atomic mass is 10.1. The molecule has 0 aliphatic heterocycles. The van der Waals surface area contributed by atoms with Gasteiger partial charge in [0.2, 0.25) is 5.88 Å². The normalized spacial score (nSPS) is 10.8. The molecule has 2 rings (SSSR count). The van der Waals surface area contributed by atoms with Gasteiger partial charge in [-0.15, -0.1) is 0 Å². The van der Waals surface area contributed by atoms with Gasteiger partial charge in [0, 0.05) is 32.3 Å². The molecule has 0 fully saturated rings. The Kier molecular flexibility index (Phi) is 7.44. The summed E-state index contributed by atoms with van der Waals surface area (Å²) >= 11 is 6.21. The highest BCUT2D eigenvalue weighted by Gasteiger charge is 2.17. The van der Waals surface area contributed by atoms with Gasteiger partial charge in [0.1, 0.15) is 17.8 Å². The zero-order chi connectivity index (χ0) is 19.1. The molecule has 1 aromatic carbocycles. The van der Waals surface area contributed by atoms with Gasteiger partial charge in [-0.05, 0) is 37.1 Å². The van der Waals surface area contributed by atoms with E-state index in [1.54, 1.807) is 14.2 Å². The Hall–Kier alpha value is -2.09. The van der Waals surface area contributed by atoms with Gasteiger partial charge in [-0.3, -0.25) is 0 Å². The van der Waals surface area contributed by atoms with Crippen LogP contribution in [0.3, 0.4) is 0 Å². The Morgan fingerprint density at radius 1 is 1.04 bits per heavy atom. The fourth-order valence-corrected chi connectivity index (χ4v) is 2.62. The summed E-state index contributed by atoms with van der Waals surface area (Å²) in [4.78, 5) is 10.5. The molecule has 0 spiro atoms. The zero-order valence-electron chi connectivity index (χ0n) is 15.6. The second-order valence-corrected chi connectivity index (χ2v) is 6.24. The van der Waals surface area contributed by atoms with E-state index in [0.29, 0.717) is 49.4 Å². The Morgan fingerprint density at radius 2 is 1.62 bits per heavy atom. The van der Waals surface area contributed by atoms with Gasteiger partial charge in [0.15, 0.2) is 5.82 Å². The number of aromatic nitrogens is 2. The van der Waals surface area contributed by atoms with Crippen LogP contribution < -0.4 is 15.4 Å². The molecule has 0 atom stereocenters. The first-order valence-corrected chi connectivity index (χ1v) is 8.63. The quantitative estimate of drug-likeness (QED) is 0.715. The van der Waals surface area contributed by atoms with Crippen LogP contribution in [0.5, 0.6) is 11.6 Å². The van der Waals surface area contributed by atoms with E-state index in [9.17, 15) is 0 Å². The summed E-state index contributed by atoms with van der Waals surface area (Å²) in [7, 11) is 3.30. The molecular formula is C18H25ClN4O3. The number of anilines is 2. The van der Waals surface area contributed by atoms with E-state index < -0.39 is 0 Å². The van der Waals surface area contributed by atoms with E-state index in [1.807, 2.05) is 30.9 Å². The van der Waals surface area contributed by atoms with Gasteiger partial charge in [-0.1, -0.05) is 11.6 Å². The van der Waals surface area contributed by atoms with Crippen molar-refractivity contribution >= 4 is 23.1 Å². The number of halogens is 1. The van der Waals surface area contributed by atoms with Crippen LogP contribution in [0, 0.1) is 13.8 Å². The van der Waals surface area contributed by atoms with Crippen molar-refractivity contribution in [2.24, 2.45) is 0 Å². The number of hydrogen-bond acceptors (Lipinski definition) is 7. The third-order valence-corrected chi connectivity index (χ3v) is 4.48. The Labute approximate surface area is 159 Å². The van der Waals surface area contributed by atoms with E-state index in [1.165, 1.54) is 6.33 Å². The van der Waals surface area contributed by atoms with Crippen molar-refractivity contribution in [3.05, 3.63) is 34.6 Å². The summed E-state index contributed by atoms with van der Waals surface area (Å²) in [5.74, 6) is 1.52. The number of ether oxygens (including phenoxy) is 3. The highest BCUT2D eigenvalue weighted by molar-refractivity contribution is 6.32. The fraction of sp³-hybridized carbons (Fsp3) is 0.444. The number of nitrogen functional groups attached to an aromatic ring is 1. The Morgan fingerprint density at radius 3 is 2.15 bits per heavy atom. The lowest BCUT2D eigenvalue weighted by molar-refractivity contribution is 0.190. The smallest absolute Gasteiger partial charge is 0.248 e. The molecule has 2 aromatic rings. The van der Waals surface area contributed by atoms with E-state index in [4.69, 9.17) is 31.5 Å². The maximum atomic E-state index is 6.28. The van der Waals surface area contributed by atoms with Crippen LogP contribution in [0.25, 0.3) is 0 Å². The monoisotopic (exact) mass is 380 g/mol. The molecule has 0 saturated heterocycles. The van der Waals surface area contributed by atoms with E-state index in [-0.39, 0.29) is 0 Å². The molecule has 0 unspecified atom stereocenters. The van der Waals surface area contributed by atoms with Gasteiger partial charge < -0.3 is 24.8 Å². The van der Waals surface area contributed by atoms with Crippen LogP contribution in [0.15, 0.2) is 18.5 Å². The maximum Gasteiger partial charge on any atom is 0.248 e. The van der Waals surface area contributed by atoms with Gasteiger partial charge in [0.05, 0.1) is 13.2 Å². The number of aryl methyl sites for hydroxylation is 2. The van der Waals surface area contributed by atoms with Gasteiger partial charge in [0.25, 0.3) is 0 Å². The summed E-state index contributed by atoms with van der Waals surface area (Å²) in [5, 5.41) is 0.721. The molecule has 0 aliphatic carbocycles. The molecule has 0 bridgehead atoms. The van der Waals surface area contributed by atoms with Crippen molar-refractivity contribution in [3.63, 3.8) is 0 Å². The minimum absolute atomic E-state index is 0.302. The maximum absolute atomic E-state index is 6.28. The van der Waals surface area contributed by atoms with Crippen LogP contribution in [0.1, 0.15) is 11.1 Å². The van der Waals surface area contributed by atoms with Gasteiger partial charge in [-0.2, -0.15) is 4.98 Å². The third-order valence-electron chi connectivity index (χ3n) is 3.88. The number of nitrogens with two attached hydrogens (primary N) is 1. The largest absolute Gasteiger partial charge is 0.437 e. The van der Waals surface area contributed by atoms with E-state index in [0.717, 1.165) is 16.1 Å². The molecule has 0 saturated carbocycles. The molecule has 0 aliphatic rings. The van der Waals surface area contributed by atoms with Crippen LogP contribution in [0.2, 0.25) is 5.02 Å². The number of hydrogen-bond donors (Lipinski definition) is 1. The Bertz CT molecular complexity index is 711. The van der Waals surface area contributed by atoms with Crippen molar-refractivity contribution < 1.29 is 14.2 Å². The summed E-state index contributed by atoms with van der Waals surface area (Å²) < 4.78 is 16.2. The van der Waals surface area contributed by atoms with Crippen molar-refractivity contribution in [3.8, 4) is 11.6 Å². The van der Waals surface area contributed by atoms with Crippen molar-refractivity contribution in [1.82, 2.24) is 9.97 Å². The average Bonchev–Trinajstić information content (AvgIpc) is 2.62. The van der Waals surface area contributed by atoms with E-state index in [2.05, 4.69) is 9.97 Å². The first kappa shape index (κ1) is 20.2. The molecule has 2 N–H and O–H groups in total. The lowest BCUT2D eigenvalue weighted by Gasteiger charge is -2.24. The highest BCUT2D eigenvalue weighted by Crippen LogP contribution is 2.33. The summed E-state index contributed by atoms with van der Waals surface area (Å²) in [5.41, 5.74) is 8.50. The first-order valence-electron chi connectivity index (χ1n) is 8.25. The predicted molar refractivity (Wildman–Crippen MR) is 103 cm³/mol. The predicted octanol–water partition coefficient (Wildman–Crippen LogP) is 3.22. The van der Waals surface area contributed by atoms with E-state index >= 15 is 0 Å². The second-order valence-electron chi connectivity index (χ2n) is 5.86. The Balaban J connectivity index is 2.29. The third kappa shape index (κ3) is 4.97. The van der Waals surface area contributed by atoms with Gasteiger partial charge in [-0.25, -0.2) is 4.98 Å². The number of rotatable bonds is 9. The molecule has 1 aromatic heterocycles. The summed E-state index contributed by atoms with van der Waals surface area (Å²) in [6.07, 6.45) is 1.43. The molecular weight excluding hydrogens is 356 g/mol. The standard InChI is InChI=1S/C18H25ClN4O3/c1-12-9-14(10-13(2)15(12)19)26-18-16(20)17(21-11-22-18)23(5-7-24-3)6-8-25-4/h9-11H,5-8,20H2,1-4H3.